The Labute approximate surface area is 140 Å². The van der Waals surface area contributed by atoms with Crippen LogP contribution in [0.1, 0.15) is 52.4 Å². The van der Waals surface area contributed by atoms with Gasteiger partial charge in [0.05, 0.1) is 0 Å². The predicted octanol–water partition coefficient (Wildman–Crippen LogP) is 4.10. The Morgan fingerprint density at radius 1 is 1.26 bits per heavy atom. The number of allylic oxidation sites excluding steroid dienone is 2. The lowest BCUT2D eigenvalue weighted by atomic mass is 9.42. The van der Waals surface area contributed by atoms with Crippen LogP contribution in [-0.2, 0) is 14.3 Å². The number of hydrogen-bond donors (Lipinski definition) is 1. The van der Waals surface area contributed by atoms with Gasteiger partial charge in [-0.25, -0.2) is 0 Å². The number of carboxylic acid groups (broad SMARTS) is 1. The molecule has 0 aromatic rings. The lowest BCUT2D eigenvalue weighted by molar-refractivity contribution is -0.218. The summed E-state index contributed by atoms with van der Waals surface area (Å²) in [5, 5.41) is 8.67. The Balaban J connectivity index is 1.93. The molecular formula is C19H32O4. The normalized spacial score (nSPS) is 32.2. The van der Waals surface area contributed by atoms with Crippen LogP contribution in [0.2, 0.25) is 0 Å². The first-order valence-corrected chi connectivity index (χ1v) is 8.84. The Kier molecular flexibility index (Phi) is 6.26. The molecule has 3 saturated carbocycles. The minimum Gasteiger partial charge on any atom is -0.481 e. The second kappa shape index (κ2) is 7.80. The third-order valence-electron chi connectivity index (χ3n) is 6.32. The number of rotatable bonds is 9. The number of carboxylic acids is 1. The molecule has 132 valence electrons. The summed E-state index contributed by atoms with van der Waals surface area (Å²) in [6, 6.07) is 0. The Morgan fingerprint density at radius 3 is 2.52 bits per heavy atom. The highest BCUT2D eigenvalue weighted by Gasteiger charge is 2.58. The number of hydrogen-bond acceptors (Lipinski definition) is 3. The molecule has 4 atom stereocenters. The molecule has 0 aromatic carbocycles. The first kappa shape index (κ1) is 18.5. The monoisotopic (exact) mass is 324 g/mol. The smallest absolute Gasteiger partial charge is 0.303 e. The number of carbonyl (C=O) groups is 1. The Hall–Kier alpha value is -0.870. The van der Waals surface area contributed by atoms with Crippen LogP contribution in [0.4, 0.5) is 0 Å². The van der Waals surface area contributed by atoms with Gasteiger partial charge in [-0.15, -0.1) is 0 Å². The van der Waals surface area contributed by atoms with Crippen LogP contribution in [0.5, 0.6) is 0 Å². The van der Waals surface area contributed by atoms with Gasteiger partial charge in [0.1, 0.15) is 0 Å². The van der Waals surface area contributed by atoms with Crippen LogP contribution in [0, 0.1) is 29.1 Å². The van der Waals surface area contributed by atoms with Crippen LogP contribution in [0.15, 0.2) is 12.2 Å². The van der Waals surface area contributed by atoms with Gasteiger partial charge in [-0.3, -0.25) is 4.79 Å². The third kappa shape index (κ3) is 3.97. The average molecular weight is 324 g/mol. The molecule has 3 rings (SSSR count). The minimum absolute atomic E-state index is 0.109. The zero-order valence-corrected chi connectivity index (χ0v) is 15.0. The molecule has 0 aromatic heterocycles. The van der Waals surface area contributed by atoms with E-state index in [0.717, 1.165) is 31.1 Å². The van der Waals surface area contributed by atoms with E-state index >= 15 is 0 Å². The summed E-state index contributed by atoms with van der Waals surface area (Å²) in [4.78, 5) is 10.5. The van der Waals surface area contributed by atoms with Crippen LogP contribution in [0.3, 0.4) is 0 Å². The van der Waals surface area contributed by atoms with Gasteiger partial charge in [-0.05, 0) is 55.3 Å². The van der Waals surface area contributed by atoms with Crippen molar-refractivity contribution in [3.8, 4) is 0 Å². The minimum atomic E-state index is -0.712. The third-order valence-corrected chi connectivity index (χ3v) is 6.32. The average Bonchev–Trinajstić information content (AvgIpc) is 2.52. The molecule has 2 bridgehead atoms. The molecule has 0 radical (unpaired) electrons. The fourth-order valence-corrected chi connectivity index (χ4v) is 4.82. The number of aliphatic carboxylic acids is 1. The van der Waals surface area contributed by atoms with E-state index in [4.69, 9.17) is 14.6 Å². The summed E-state index contributed by atoms with van der Waals surface area (Å²) in [6.45, 7) is 4.81. The first-order chi connectivity index (χ1) is 10.9. The van der Waals surface area contributed by atoms with Crippen molar-refractivity contribution in [1.29, 1.82) is 0 Å². The van der Waals surface area contributed by atoms with E-state index in [1.807, 2.05) is 0 Å². The molecule has 0 spiro atoms. The van der Waals surface area contributed by atoms with Gasteiger partial charge in [0.15, 0.2) is 6.29 Å². The molecule has 1 N–H and O–H groups in total. The van der Waals surface area contributed by atoms with Crippen molar-refractivity contribution in [2.75, 3.05) is 14.2 Å². The predicted molar refractivity (Wildman–Crippen MR) is 90.0 cm³/mol. The second-order valence-electron chi connectivity index (χ2n) is 7.76. The van der Waals surface area contributed by atoms with E-state index < -0.39 is 5.97 Å². The van der Waals surface area contributed by atoms with Gasteiger partial charge in [0.2, 0.25) is 0 Å². The van der Waals surface area contributed by atoms with Gasteiger partial charge in [-0.1, -0.05) is 26.0 Å². The van der Waals surface area contributed by atoms with Crippen molar-refractivity contribution in [3.63, 3.8) is 0 Å². The Bertz CT molecular complexity index is 425. The van der Waals surface area contributed by atoms with Crippen molar-refractivity contribution < 1.29 is 19.4 Å². The number of ether oxygens (including phenoxy) is 2. The van der Waals surface area contributed by atoms with Crippen molar-refractivity contribution in [1.82, 2.24) is 0 Å². The largest absolute Gasteiger partial charge is 0.481 e. The van der Waals surface area contributed by atoms with Crippen molar-refractivity contribution in [2.24, 2.45) is 29.1 Å². The van der Waals surface area contributed by atoms with E-state index in [1.54, 1.807) is 14.2 Å². The molecule has 23 heavy (non-hydrogen) atoms. The molecule has 3 aliphatic carbocycles. The first-order valence-electron chi connectivity index (χ1n) is 8.84. The summed E-state index contributed by atoms with van der Waals surface area (Å²) in [5.74, 6) is 1.88. The molecule has 0 aliphatic heterocycles. The molecule has 4 heteroatoms. The van der Waals surface area contributed by atoms with E-state index in [1.165, 1.54) is 12.8 Å². The molecule has 0 saturated heterocycles. The van der Waals surface area contributed by atoms with Crippen LogP contribution in [0.25, 0.3) is 0 Å². The fourth-order valence-electron chi connectivity index (χ4n) is 4.82. The number of methoxy groups -OCH3 is 2. The molecule has 2 unspecified atom stereocenters. The van der Waals surface area contributed by atoms with Gasteiger partial charge in [0.25, 0.3) is 0 Å². The quantitative estimate of drug-likeness (QED) is 0.394. The maximum atomic E-state index is 10.5. The maximum absolute atomic E-state index is 10.5. The van der Waals surface area contributed by atoms with Crippen molar-refractivity contribution in [3.05, 3.63) is 12.2 Å². The molecule has 0 heterocycles. The van der Waals surface area contributed by atoms with E-state index in [2.05, 4.69) is 26.0 Å². The highest BCUT2D eigenvalue weighted by atomic mass is 16.7. The summed E-state index contributed by atoms with van der Waals surface area (Å²) < 4.78 is 11.1. The summed E-state index contributed by atoms with van der Waals surface area (Å²) in [6.07, 6.45) is 9.66. The van der Waals surface area contributed by atoms with Crippen LogP contribution in [-0.4, -0.2) is 31.6 Å². The van der Waals surface area contributed by atoms with Gasteiger partial charge >= 0.3 is 5.97 Å². The van der Waals surface area contributed by atoms with Crippen molar-refractivity contribution in [2.45, 2.75) is 58.7 Å². The van der Waals surface area contributed by atoms with Crippen LogP contribution >= 0.6 is 0 Å². The summed E-state index contributed by atoms with van der Waals surface area (Å²) >= 11 is 0. The topological polar surface area (TPSA) is 55.8 Å². The van der Waals surface area contributed by atoms with Gasteiger partial charge in [0, 0.05) is 26.6 Å². The molecule has 3 fully saturated rings. The zero-order valence-electron chi connectivity index (χ0n) is 15.0. The number of unbranched alkanes of at least 4 members (excludes halogenated alkanes) is 1. The van der Waals surface area contributed by atoms with Gasteiger partial charge in [-0.2, -0.15) is 0 Å². The molecule has 3 aliphatic rings. The zero-order chi connectivity index (χ0) is 17.0. The van der Waals surface area contributed by atoms with E-state index in [9.17, 15) is 4.79 Å². The SMILES string of the molecule is COC(OC)[C@H]1CC2CC([C@@H]1C/C=C\CCCC(=O)O)C2(C)C. The van der Waals surface area contributed by atoms with E-state index in [0.29, 0.717) is 17.3 Å². The highest BCUT2D eigenvalue weighted by molar-refractivity contribution is 5.66. The van der Waals surface area contributed by atoms with Crippen molar-refractivity contribution >= 4 is 5.97 Å². The maximum Gasteiger partial charge on any atom is 0.303 e. The lowest BCUT2D eigenvalue weighted by Gasteiger charge is -2.63. The van der Waals surface area contributed by atoms with E-state index in [-0.39, 0.29) is 12.7 Å². The Morgan fingerprint density at radius 2 is 1.96 bits per heavy atom. The molecule has 0 amide bonds. The number of fused-ring (bicyclic) bond motifs is 2. The standard InChI is InChI=1S/C19H32O4/c1-19(2)13-11-15(18(22-3)23-4)14(16(19)12-13)9-7-5-6-8-10-17(20)21/h5,7,13-16,18H,6,8-12H2,1-4H3,(H,20,21)/b7-5-/t13?,14-,15+,16?/m1/s1. The highest BCUT2D eigenvalue weighted by Crippen LogP contribution is 2.64. The van der Waals surface area contributed by atoms with Gasteiger partial charge < -0.3 is 14.6 Å². The van der Waals surface area contributed by atoms with Crippen LogP contribution < -0.4 is 0 Å². The molecule has 4 nitrogen and oxygen atoms in total. The molecular weight excluding hydrogens is 292 g/mol. The lowest BCUT2D eigenvalue weighted by Crippen LogP contribution is -2.58. The summed E-state index contributed by atoms with van der Waals surface area (Å²) in [5.41, 5.74) is 0.435. The summed E-state index contributed by atoms with van der Waals surface area (Å²) in [7, 11) is 3.47. The second-order valence-corrected chi connectivity index (χ2v) is 7.76. The fraction of sp³-hybridized carbons (Fsp3) is 0.842.